The fourth-order valence-electron chi connectivity index (χ4n) is 3.09. The fourth-order valence-corrected chi connectivity index (χ4v) is 3.32. The molecule has 3 rings (SSSR count). The number of hydrogen-bond acceptors (Lipinski definition) is 6. The van der Waals surface area contributed by atoms with Crippen LogP contribution in [0.25, 0.3) is 0 Å². The van der Waals surface area contributed by atoms with Crippen LogP contribution in [0.4, 0.5) is 5.69 Å². The van der Waals surface area contributed by atoms with Crippen molar-refractivity contribution in [3.8, 4) is 17.2 Å². The van der Waals surface area contributed by atoms with E-state index >= 15 is 0 Å². The van der Waals surface area contributed by atoms with Gasteiger partial charge in [0.1, 0.15) is 23.3 Å². The van der Waals surface area contributed by atoms with Gasteiger partial charge in [0.2, 0.25) is 5.91 Å². The average molecular weight is 406 g/mol. The number of rotatable bonds is 7. The third-order valence-electron chi connectivity index (χ3n) is 4.54. The summed E-state index contributed by atoms with van der Waals surface area (Å²) in [6.45, 7) is 2.58. The third-order valence-corrected chi connectivity index (χ3v) is 4.84. The van der Waals surface area contributed by atoms with Crippen LogP contribution in [-0.4, -0.2) is 32.8 Å². The maximum absolute atomic E-state index is 12.7. The van der Waals surface area contributed by atoms with E-state index in [2.05, 4.69) is 16.2 Å². The van der Waals surface area contributed by atoms with Crippen LogP contribution < -0.4 is 30.4 Å². The Labute approximate surface area is 169 Å². The van der Waals surface area contributed by atoms with Crippen LogP contribution >= 0.6 is 11.6 Å². The Hall–Kier alpha value is -2.48. The molecular formula is C20H24ClN3O4. The molecular weight excluding hydrogens is 382 g/mol. The molecule has 0 bridgehead atoms. The van der Waals surface area contributed by atoms with Gasteiger partial charge in [0.05, 0.1) is 31.5 Å². The molecule has 1 amide bonds. The van der Waals surface area contributed by atoms with Gasteiger partial charge in [-0.05, 0) is 31.0 Å². The average Bonchev–Trinajstić information content (AvgIpc) is 3.20. The van der Waals surface area contributed by atoms with Crippen molar-refractivity contribution in [2.24, 2.45) is 0 Å². The van der Waals surface area contributed by atoms with Crippen LogP contribution in [0.5, 0.6) is 17.2 Å². The molecule has 2 unspecified atom stereocenters. The van der Waals surface area contributed by atoms with Crippen molar-refractivity contribution in [3.63, 3.8) is 0 Å². The van der Waals surface area contributed by atoms with Gasteiger partial charge in [-0.15, -0.1) is 0 Å². The Balaban J connectivity index is 1.66. The molecule has 0 aromatic heterocycles. The number of halogens is 1. The summed E-state index contributed by atoms with van der Waals surface area (Å²) < 4.78 is 16.0. The smallest absolute Gasteiger partial charge is 0.243 e. The molecule has 0 radical (unpaired) electrons. The predicted molar refractivity (Wildman–Crippen MR) is 108 cm³/mol. The maximum Gasteiger partial charge on any atom is 0.243 e. The molecule has 0 saturated carbocycles. The van der Waals surface area contributed by atoms with Crippen molar-refractivity contribution in [2.45, 2.75) is 25.4 Å². The van der Waals surface area contributed by atoms with Gasteiger partial charge in [-0.25, -0.2) is 10.9 Å². The molecule has 8 heteroatoms. The molecule has 1 aliphatic rings. The molecule has 1 saturated heterocycles. The highest BCUT2D eigenvalue weighted by atomic mass is 35.5. The molecule has 2 aromatic rings. The minimum atomic E-state index is -0.400. The second kappa shape index (κ2) is 9.14. The summed E-state index contributed by atoms with van der Waals surface area (Å²) in [5.41, 5.74) is 7.80. The summed E-state index contributed by atoms with van der Waals surface area (Å²) in [7, 11) is 3.04. The third kappa shape index (κ3) is 4.49. The molecule has 0 spiro atoms. The van der Waals surface area contributed by atoms with Gasteiger partial charge in [0, 0.05) is 18.2 Å². The summed E-state index contributed by atoms with van der Waals surface area (Å²) in [6, 6.07) is 10.7. The van der Waals surface area contributed by atoms with Gasteiger partial charge >= 0.3 is 0 Å². The molecule has 1 heterocycles. The van der Waals surface area contributed by atoms with Crippen LogP contribution in [-0.2, 0) is 4.79 Å². The molecule has 7 nitrogen and oxygen atoms in total. The minimum Gasteiger partial charge on any atom is -0.495 e. The number of hydrogen-bond donors (Lipinski definition) is 3. The summed E-state index contributed by atoms with van der Waals surface area (Å²) in [4.78, 5) is 12.7. The zero-order chi connectivity index (χ0) is 20.1. The van der Waals surface area contributed by atoms with Gasteiger partial charge in [-0.3, -0.25) is 4.79 Å². The number of nitrogens with one attached hydrogen (secondary N) is 3. The molecule has 1 fully saturated rings. The van der Waals surface area contributed by atoms with E-state index in [1.807, 2.05) is 31.2 Å². The van der Waals surface area contributed by atoms with E-state index in [1.165, 1.54) is 14.2 Å². The Bertz CT molecular complexity index is 829. The summed E-state index contributed by atoms with van der Waals surface area (Å²) >= 11 is 6.11. The molecule has 2 aromatic carbocycles. The summed E-state index contributed by atoms with van der Waals surface area (Å²) in [6.07, 6.45) is 0.604. The predicted octanol–water partition coefficient (Wildman–Crippen LogP) is 3.30. The van der Waals surface area contributed by atoms with E-state index in [0.29, 0.717) is 35.2 Å². The number of ether oxygens (including phenoxy) is 3. The van der Waals surface area contributed by atoms with Crippen molar-refractivity contribution in [1.82, 2.24) is 10.9 Å². The highest BCUT2D eigenvalue weighted by Crippen LogP contribution is 2.36. The van der Waals surface area contributed by atoms with Crippen LogP contribution in [0.2, 0.25) is 5.02 Å². The van der Waals surface area contributed by atoms with Gasteiger partial charge in [0.25, 0.3) is 0 Å². The zero-order valence-corrected chi connectivity index (χ0v) is 16.8. The van der Waals surface area contributed by atoms with Crippen LogP contribution in [0.15, 0.2) is 36.4 Å². The van der Waals surface area contributed by atoms with Crippen LogP contribution in [0.1, 0.15) is 24.9 Å². The quantitative estimate of drug-likeness (QED) is 0.655. The van der Waals surface area contributed by atoms with Gasteiger partial charge in [0.15, 0.2) is 0 Å². The Morgan fingerprint density at radius 2 is 1.86 bits per heavy atom. The number of hydrazine groups is 1. The van der Waals surface area contributed by atoms with E-state index in [-0.39, 0.29) is 11.9 Å². The van der Waals surface area contributed by atoms with Crippen LogP contribution in [0.3, 0.4) is 0 Å². The van der Waals surface area contributed by atoms with E-state index in [0.717, 1.165) is 11.3 Å². The van der Waals surface area contributed by atoms with Crippen molar-refractivity contribution in [1.29, 1.82) is 0 Å². The van der Waals surface area contributed by atoms with E-state index < -0.39 is 6.04 Å². The normalized spacial score (nSPS) is 18.6. The Morgan fingerprint density at radius 3 is 2.50 bits per heavy atom. The topological polar surface area (TPSA) is 80.9 Å². The lowest BCUT2D eigenvalue weighted by molar-refractivity contribution is -0.117. The lowest BCUT2D eigenvalue weighted by Gasteiger charge is -2.15. The molecule has 150 valence electrons. The maximum atomic E-state index is 12.7. The van der Waals surface area contributed by atoms with Gasteiger partial charge < -0.3 is 19.5 Å². The number of benzene rings is 2. The van der Waals surface area contributed by atoms with Crippen molar-refractivity contribution >= 4 is 23.2 Å². The second-order valence-electron chi connectivity index (χ2n) is 6.31. The molecule has 0 aliphatic carbocycles. The molecule has 2 atom stereocenters. The number of methoxy groups -OCH3 is 2. The van der Waals surface area contributed by atoms with Crippen molar-refractivity contribution < 1.29 is 19.0 Å². The first-order valence-corrected chi connectivity index (χ1v) is 9.39. The van der Waals surface area contributed by atoms with Gasteiger partial charge in [-0.2, -0.15) is 0 Å². The second-order valence-corrected chi connectivity index (χ2v) is 6.72. The van der Waals surface area contributed by atoms with Crippen molar-refractivity contribution in [3.05, 3.63) is 47.0 Å². The van der Waals surface area contributed by atoms with Gasteiger partial charge in [-0.1, -0.05) is 23.7 Å². The summed E-state index contributed by atoms with van der Waals surface area (Å²) in [5, 5.41) is 3.29. The SMILES string of the molecule is CCOc1ccc(C2CC(C(=O)Nc3cc(OC)c(Cl)cc3OC)NN2)cc1. The summed E-state index contributed by atoms with van der Waals surface area (Å²) in [5.74, 6) is 1.58. The minimum absolute atomic E-state index is 0.0214. The van der Waals surface area contributed by atoms with E-state index in [1.54, 1.807) is 12.1 Å². The van der Waals surface area contributed by atoms with E-state index in [4.69, 9.17) is 25.8 Å². The Morgan fingerprint density at radius 1 is 1.14 bits per heavy atom. The number of amides is 1. The number of carbonyl (C=O) groups excluding carboxylic acids is 1. The highest BCUT2D eigenvalue weighted by molar-refractivity contribution is 6.32. The monoisotopic (exact) mass is 405 g/mol. The Kier molecular flexibility index (Phi) is 6.61. The number of carbonyl (C=O) groups is 1. The standard InChI is InChI=1S/C20H24ClN3O4/c1-4-28-13-7-5-12(6-8-13)15-10-17(24-23-15)20(25)22-16-11-18(26-2)14(21)9-19(16)27-3/h5-9,11,15,17,23-24H,4,10H2,1-3H3,(H,22,25). The first kappa shape index (κ1) is 20.3. The first-order chi connectivity index (χ1) is 13.5. The zero-order valence-electron chi connectivity index (χ0n) is 16.0. The highest BCUT2D eigenvalue weighted by Gasteiger charge is 2.30. The lowest BCUT2D eigenvalue weighted by atomic mass is 10.0. The van der Waals surface area contributed by atoms with Crippen LogP contribution in [0, 0.1) is 0 Å². The first-order valence-electron chi connectivity index (χ1n) is 9.02. The largest absolute Gasteiger partial charge is 0.495 e. The number of anilines is 1. The lowest BCUT2D eigenvalue weighted by Crippen LogP contribution is -2.39. The molecule has 1 aliphatic heterocycles. The van der Waals surface area contributed by atoms with E-state index in [9.17, 15) is 4.79 Å². The molecule has 3 N–H and O–H groups in total. The molecule has 28 heavy (non-hydrogen) atoms. The fraction of sp³-hybridized carbons (Fsp3) is 0.350. The van der Waals surface area contributed by atoms with Crippen molar-refractivity contribution in [2.75, 3.05) is 26.1 Å².